The van der Waals surface area contributed by atoms with Crippen molar-refractivity contribution in [3.63, 3.8) is 0 Å². The van der Waals surface area contributed by atoms with E-state index in [0.29, 0.717) is 12.1 Å². The summed E-state index contributed by atoms with van der Waals surface area (Å²) in [5.41, 5.74) is 1.24. The van der Waals surface area contributed by atoms with E-state index in [0.717, 1.165) is 37.6 Å². The van der Waals surface area contributed by atoms with Crippen molar-refractivity contribution >= 4 is 5.82 Å². The Kier molecular flexibility index (Phi) is 2.67. The van der Waals surface area contributed by atoms with Gasteiger partial charge in [0.25, 0.3) is 0 Å². The first-order chi connectivity index (χ1) is 8.33. The lowest BCUT2D eigenvalue weighted by molar-refractivity contribution is 0.116. The number of fused-ring (bicyclic) bond motifs is 3. The molecule has 2 aliphatic heterocycles. The quantitative estimate of drug-likeness (QED) is 0.779. The highest BCUT2D eigenvalue weighted by Gasteiger charge is 2.38. The number of aryl methyl sites for hydroxylation is 1. The fraction of sp³-hybridized carbons (Fsp3) is 0.615. The molecule has 4 nitrogen and oxygen atoms in total. The summed E-state index contributed by atoms with van der Waals surface area (Å²) in [6, 6.07) is 2.47. The van der Waals surface area contributed by atoms with Crippen molar-refractivity contribution in [1.82, 2.24) is 4.98 Å². The highest BCUT2D eigenvalue weighted by atomic mass is 16.5. The Morgan fingerprint density at radius 1 is 1.59 bits per heavy atom. The summed E-state index contributed by atoms with van der Waals surface area (Å²) >= 11 is 0. The summed E-state index contributed by atoms with van der Waals surface area (Å²) in [5, 5.41) is 0. The van der Waals surface area contributed by atoms with Gasteiger partial charge in [-0.15, -0.1) is 0 Å². The standard InChI is InChI=1S/C13H18N2O2/c1-3-9-4-5-14-13-12(9)17-8-10-6-11(16-2)7-15(10)13/h4-5,10-11H,3,6-8H2,1-2H3/t10?,11-/m1/s1. The smallest absolute Gasteiger partial charge is 0.172 e. The highest BCUT2D eigenvalue weighted by Crippen LogP contribution is 2.39. The molecular weight excluding hydrogens is 216 g/mol. The van der Waals surface area contributed by atoms with Crippen LogP contribution >= 0.6 is 0 Å². The SMILES string of the molecule is CCc1ccnc2c1OCC1C[C@@H](OC)CN21. The molecule has 92 valence electrons. The summed E-state index contributed by atoms with van der Waals surface area (Å²) in [6.07, 6.45) is 4.20. The molecule has 0 bridgehead atoms. The summed E-state index contributed by atoms with van der Waals surface area (Å²) in [7, 11) is 1.78. The van der Waals surface area contributed by atoms with Gasteiger partial charge in [0.05, 0.1) is 12.1 Å². The Balaban J connectivity index is 1.97. The third kappa shape index (κ3) is 1.67. The Labute approximate surface area is 102 Å². The topological polar surface area (TPSA) is 34.6 Å². The summed E-state index contributed by atoms with van der Waals surface area (Å²) in [5.74, 6) is 1.98. The molecule has 0 radical (unpaired) electrons. The third-order valence-corrected chi connectivity index (χ3v) is 3.75. The molecule has 0 aromatic carbocycles. The molecule has 0 N–H and O–H groups in total. The molecule has 1 aromatic rings. The van der Waals surface area contributed by atoms with Crippen LogP contribution in [0.5, 0.6) is 5.75 Å². The lowest BCUT2D eigenvalue weighted by Gasteiger charge is -2.32. The zero-order valence-corrected chi connectivity index (χ0v) is 10.3. The first kappa shape index (κ1) is 10.8. The van der Waals surface area contributed by atoms with Gasteiger partial charge < -0.3 is 14.4 Å². The Bertz CT molecular complexity index is 422. The molecule has 1 saturated heterocycles. The largest absolute Gasteiger partial charge is 0.487 e. The van der Waals surface area contributed by atoms with E-state index >= 15 is 0 Å². The van der Waals surface area contributed by atoms with Crippen LogP contribution in [0.1, 0.15) is 18.9 Å². The second-order valence-electron chi connectivity index (χ2n) is 4.69. The van der Waals surface area contributed by atoms with E-state index < -0.39 is 0 Å². The molecule has 0 aliphatic carbocycles. The van der Waals surface area contributed by atoms with Gasteiger partial charge in [0, 0.05) is 19.9 Å². The molecule has 0 amide bonds. The number of rotatable bonds is 2. The van der Waals surface area contributed by atoms with E-state index in [1.807, 2.05) is 12.3 Å². The number of ether oxygens (including phenoxy) is 2. The van der Waals surface area contributed by atoms with Gasteiger partial charge in [0.15, 0.2) is 11.6 Å². The molecule has 0 saturated carbocycles. The normalized spacial score (nSPS) is 26.4. The number of methoxy groups -OCH3 is 1. The second-order valence-corrected chi connectivity index (χ2v) is 4.69. The van der Waals surface area contributed by atoms with Crippen molar-refractivity contribution in [2.24, 2.45) is 0 Å². The molecule has 3 heterocycles. The minimum absolute atomic E-state index is 0.307. The van der Waals surface area contributed by atoms with Crippen LogP contribution < -0.4 is 9.64 Å². The van der Waals surface area contributed by atoms with Crippen molar-refractivity contribution < 1.29 is 9.47 Å². The first-order valence-electron chi connectivity index (χ1n) is 6.23. The monoisotopic (exact) mass is 234 g/mol. The van der Waals surface area contributed by atoms with Gasteiger partial charge in [-0.25, -0.2) is 4.98 Å². The average Bonchev–Trinajstić information content (AvgIpc) is 2.81. The molecule has 1 aromatic heterocycles. The van der Waals surface area contributed by atoms with E-state index in [1.54, 1.807) is 7.11 Å². The van der Waals surface area contributed by atoms with Crippen LogP contribution in [0.3, 0.4) is 0 Å². The van der Waals surface area contributed by atoms with Gasteiger partial charge >= 0.3 is 0 Å². The maximum absolute atomic E-state index is 5.89. The van der Waals surface area contributed by atoms with E-state index in [-0.39, 0.29) is 0 Å². The second kappa shape index (κ2) is 4.18. The summed E-state index contributed by atoms with van der Waals surface area (Å²) in [4.78, 5) is 6.82. The molecule has 1 fully saturated rings. The Morgan fingerprint density at radius 2 is 2.47 bits per heavy atom. The van der Waals surface area contributed by atoms with Crippen molar-refractivity contribution in [1.29, 1.82) is 0 Å². The number of aromatic nitrogens is 1. The van der Waals surface area contributed by atoms with Crippen molar-refractivity contribution in [2.75, 3.05) is 25.2 Å². The van der Waals surface area contributed by atoms with Crippen LogP contribution in [0.4, 0.5) is 5.82 Å². The molecule has 2 atom stereocenters. The van der Waals surface area contributed by atoms with Crippen LogP contribution in [0.2, 0.25) is 0 Å². The van der Waals surface area contributed by atoms with Gasteiger partial charge in [-0.1, -0.05) is 6.92 Å². The number of nitrogens with zero attached hydrogens (tertiary/aromatic N) is 2. The Morgan fingerprint density at radius 3 is 3.24 bits per heavy atom. The zero-order valence-electron chi connectivity index (χ0n) is 10.3. The third-order valence-electron chi connectivity index (χ3n) is 3.75. The average molecular weight is 234 g/mol. The van der Waals surface area contributed by atoms with Crippen LogP contribution in [0.25, 0.3) is 0 Å². The minimum Gasteiger partial charge on any atom is -0.487 e. The molecule has 4 heteroatoms. The van der Waals surface area contributed by atoms with Crippen LogP contribution in [0, 0.1) is 0 Å². The summed E-state index contributed by atoms with van der Waals surface area (Å²) < 4.78 is 11.3. The fourth-order valence-corrected chi connectivity index (χ4v) is 2.76. The van der Waals surface area contributed by atoms with Gasteiger partial charge in [-0.2, -0.15) is 0 Å². The lowest BCUT2D eigenvalue weighted by Crippen LogP contribution is -2.39. The number of hydrogen-bond donors (Lipinski definition) is 0. The van der Waals surface area contributed by atoms with E-state index in [4.69, 9.17) is 9.47 Å². The van der Waals surface area contributed by atoms with Gasteiger partial charge in [-0.05, 0) is 24.5 Å². The van der Waals surface area contributed by atoms with Crippen LogP contribution in [0.15, 0.2) is 12.3 Å². The van der Waals surface area contributed by atoms with Crippen LogP contribution in [-0.2, 0) is 11.2 Å². The van der Waals surface area contributed by atoms with Gasteiger partial charge in [-0.3, -0.25) is 0 Å². The maximum atomic E-state index is 5.89. The predicted molar refractivity (Wildman–Crippen MR) is 65.7 cm³/mol. The van der Waals surface area contributed by atoms with Crippen LogP contribution in [-0.4, -0.2) is 37.4 Å². The predicted octanol–water partition coefficient (Wildman–Crippen LogP) is 1.63. The molecular formula is C13H18N2O2. The number of hydrogen-bond acceptors (Lipinski definition) is 4. The Hall–Kier alpha value is -1.29. The van der Waals surface area contributed by atoms with E-state index in [9.17, 15) is 0 Å². The van der Waals surface area contributed by atoms with E-state index in [1.165, 1.54) is 5.56 Å². The molecule has 1 unspecified atom stereocenters. The zero-order chi connectivity index (χ0) is 11.8. The van der Waals surface area contributed by atoms with Gasteiger partial charge in [0.2, 0.25) is 0 Å². The fourth-order valence-electron chi connectivity index (χ4n) is 2.76. The lowest BCUT2D eigenvalue weighted by atomic mass is 10.1. The number of pyridine rings is 1. The molecule has 17 heavy (non-hydrogen) atoms. The molecule has 2 aliphatic rings. The van der Waals surface area contributed by atoms with Gasteiger partial charge in [0.1, 0.15) is 6.61 Å². The minimum atomic E-state index is 0.307. The van der Waals surface area contributed by atoms with Crippen molar-refractivity contribution in [3.8, 4) is 5.75 Å². The van der Waals surface area contributed by atoms with Crippen molar-refractivity contribution in [2.45, 2.75) is 31.9 Å². The summed E-state index contributed by atoms with van der Waals surface area (Å²) in [6.45, 7) is 3.83. The molecule has 3 rings (SSSR count). The maximum Gasteiger partial charge on any atom is 0.172 e. The number of anilines is 1. The first-order valence-corrected chi connectivity index (χ1v) is 6.23. The van der Waals surface area contributed by atoms with Crippen molar-refractivity contribution in [3.05, 3.63) is 17.8 Å². The highest BCUT2D eigenvalue weighted by molar-refractivity contribution is 5.59. The molecule has 0 spiro atoms. The van der Waals surface area contributed by atoms with E-state index in [2.05, 4.69) is 16.8 Å².